The highest BCUT2D eigenvalue weighted by Crippen LogP contribution is 2.25. The second-order valence-electron chi connectivity index (χ2n) is 13.9. The van der Waals surface area contributed by atoms with Crippen LogP contribution in [0.4, 0.5) is 4.79 Å². The first-order valence-corrected chi connectivity index (χ1v) is 17.4. The fraction of sp³-hybridized carbons (Fsp3) is 0.341. The molecule has 4 aromatic carbocycles. The SMILES string of the molecule is C[N+](C)(CCCCN1C(=O)c2ccccc2C1=O)Cc1cccc(CN2CCC(OC(=O)NC(c3ccccc3)c3ccccc3)CC2)c1. The van der Waals surface area contributed by atoms with Gasteiger partial charge in [-0.1, -0.05) is 91.0 Å². The molecule has 1 N–H and O–H groups in total. The van der Waals surface area contributed by atoms with Gasteiger partial charge in [0.1, 0.15) is 12.6 Å². The highest BCUT2D eigenvalue weighted by atomic mass is 16.6. The van der Waals surface area contributed by atoms with E-state index in [1.807, 2.05) is 60.7 Å². The molecular formula is C41H47N4O4+. The summed E-state index contributed by atoms with van der Waals surface area (Å²) < 4.78 is 6.74. The second-order valence-corrected chi connectivity index (χ2v) is 13.9. The third-order valence-electron chi connectivity index (χ3n) is 9.62. The fourth-order valence-electron chi connectivity index (χ4n) is 7.05. The zero-order valence-electron chi connectivity index (χ0n) is 28.6. The van der Waals surface area contributed by atoms with Crippen LogP contribution >= 0.6 is 0 Å². The molecule has 3 amide bonds. The lowest BCUT2D eigenvalue weighted by Gasteiger charge is -2.32. The fourth-order valence-corrected chi connectivity index (χ4v) is 7.05. The first-order chi connectivity index (χ1) is 23.8. The Labute approximate surface area is 289 Å². The van der Waals surface area contributed by atoms with Gasteiger partial charge in [0.15, 0.2) is 0 Å². The minimum Gasteiger partial charge on any atom is -0.446 e. The van der Waals surface area contributed by atoms with Gasteiger partial charge in [0.2, 0.25) is 0 Å². The van der Waals surface area contributed by atoms with Crippen LogP contribution in [0.25, 0.3) is 0 Å². The monoisotopic (exact) mass is 659 g/mol. The topological polar surface area (TPSA) is 79.0 Å². The number of fused-ring (bicyclic) bond motifs is 1. The van der Waals surface area contributed by atoms with E-state index in [0.717, 1.165) is 74.0 Å². The summed E-state index contributed by atoms with van der Waals surface area (Å²) in [5.74, 6) is -0.353. The highest BCUT2D eigenvalue weighted by Gasteiger charge is 2.34. The van der Waals surface area contributed by atoms with Crippen molar-refractivity contribution in [1.29, 1.82) is 0 Å². The van der Waals surface area contributed by atoms with Crippen molar-refractivity contribution in [2.75, 3.05) is 40.3 Å². The molecular weight excluding hydrogens is 612 g/mol. The van der Waals surface area contributed by atoms with Crippen LogP contribution in [0.1, 0.15) is 74.7 Å². The van der Waals surface area contributed by atoms with Crippen LogP contribution < -0.4 is 5.32 Å². The van der Waals surface area contributed by atoms with Gasteiger partial charge >= 0.3 is 6.09 Å². The molecule has 0 saturated carbocycles. The van der Waals surface area contributed by atoms with Crippen molar-refractivity contribution in [2.45, 2.75) is 50.9 Å². The average Bonchev–Trinajstić information content (AvgIpc) is 3.35. The van der Waals surface area contributed by atoms with Crippen LogP contribution in [-0.4, -0.2) is 78.6 Å². The molecule has 49 heavy (non-hydrogen) atoms. The molecule has 0 spiro atoms. The molecule has 0 aromatic heterocycles. The van der Waals surface area contributed by atoms with E-state index in [0.29, 0.717) is 17.7 Å². The first kappa shape index (κ1) is 34.1. The maximum Gasteiger partial charge on any atom is 0.408 e. The zero-order chi connectivity index (χ0) is 34.2. The summed E-state index contributed by atoms with van der Waals surface area (Å²) in [5.41, 5.74) is 5.65. The second kappa shape index (κ2) is 15.6. The predicted molar refractivity (Wildman–Crippen MR) is 191 cm³/mol. The molecule has 8 heteroatoms. The van der Waals surface area contributed by atoms with Crippen molar-refractivity contribution in [1.82, 2.24) is 15.1 Å². The van der Waals surface area contributed by atoms with Gasteiger partial charge in [-0.3, -0.25) is 19.4 Å². The first-order valence-electron chi connectivity index (χ1n) is 17.4. The average molecular weight is 660 g/mol. The van der Waals surface area contributed by atoms with Gasteiger partial charge in [0.05, 0.1) is 37.8 Å². The number of unbranched alkanes of at least 4 members (excludes halogenated alkanes) is 1. The van der Waals surface area contributed by atoms with Crippen molar-refractivity contribution in [3.63, 3.8) is 0 Å². The van der Waals surface area contributed by atoms with Crippen LogP contribution in [-0.2, 0) is 17.8 Å². The molecule has 0 atom stereocenters. The molecule has 2 aliphatic heterocycles. The summed E-state index contributed by atoms with van der Waals surface area (Å²) in [6.07, 6.45) is 2.83. The van der Waals surface area contributed by atoms with E-state index in [-0.39, 0.29) is 30.1 Å². The number of benzene rings is 4. The number of alkyl carbamates (subject to hydrolysis) is 1. The largest absolute Gasteiger partial charge is 0.446 e. The van der Waals surface area contributed by atoms with Crippen molar-refractivity contribution >= 4 is 17.9 Å². The van der Waals surface area contributed by atoms with E-state index >= 15 is 0 Å². The standard InChI is InChI=1S/C41H46N4O4/c1-45(2,27-12-11-24-44-39(46)36-20-9-10-21-37(36)40(44)47)30-32-15-13-14-31(28-32)29-43-25-22-35(23-26-43)49-41(48)42-38(33-16-5-3-6-17-33)34-18-7-4-8-19-34/h3-10,13-21,28,35,38H,11-12,22-27,29-30H2,1-2H3/p+1. The zero-order valence-corrected chi connectivity index (χ0v) is 28.6. The van der Waals surface area contributed by atoms with Gasteiger partial charge in [0.25, 0.3) is 11.8 Å². The Morgan fingerprint density at radius 2 is 1.35 bits per heavy atom. The third kappa shape index (κ3) is 8.82. The molecule has 254 valence electrons. The molecule has 2 heterocycles. The Morgan fingerprint density at radius 1 is 0.776 bits per heavy atom. The van der Waals surface area contributed by atoms with Gasteiger partial charge in [0, 0.05) is 31.7 Å². The van der Waals surface area contributed by atoms with E-state index in [1.165, 1.54) is 16.0 Å². The molecule has 0 aliphatic carbocycles. The number of rotatable bonds is 13. The molecule has 0 unspecified atom stereocenters. The Morgan fingerprint density at radius 3 is 1.96 bits per heavy atom. The minimum atomic E-state index is -0.381. The van der Waals surface area contributed by atoms with E-state index in [1.54, 1.807) is 24.3 Å². The number of piperidine rings is 1. The third-order valence-corrected chi connectivity index (χ3v) is 9.62. The van der Waals surface area contributed by atoms with Crippen LogP contribution in [0.5, 0.6) is 0 Å². The Bertz CT molecular complexity index is 1660. The normalized spacial score (nSPS) is 15.4. The molecule has 6 rings (SSSR count). The lowest BCUT2D eigenvalue weighted by atomic mass is 9.99. The quantitative estimate of drug-likeness (QED) is 0.0969. The molecule has 4 aromatic rings. The van der Waals surface area contributed by atoms with Crippen molar-refractivity contribution in [3.05, 3.63) is 143 Å². The summed E-state index contributed by atoms with van der Waals surface area (Å²) in [4.78, 5) is 42.2. The van der Waals surface area contributed by atoms with E-state index in [4.69, 9.17) is 4.74 Å². The Kier molecular flexibility index (Phi) is 10.9. The molecule has 1 fully saturated rings. The summed E-state index contributed by atoms with van der Waals surface area (Å²) in [5, 5.41) is 3.10. The number of nitrogens with zero attached hydrogens (tertiary/aromatic N) is 3. The number of likely N-dealkylation sites (tertiary alicyclic amines) is 1. The van der Waals surface area contributed by atoms with Crippen LogP contribution in [0.3, 0.4) is 0 Å². The number of hydrogen-bond acceptors (Lipinski definition) is 5. The molecule has 0 bridgehead atoms. The van der Waals surface area contributed by atoms with E-state index < -0.39 is 0 Å². The van der Waals surface area contributed by atoms with Gasteiger partial charge in [-0.15, -0.1) is 0 Å². The summed E-state index contributed by atoms with van der Waals surface area (Å²) in [7, 11) is 4.47. The maximum atomic E-state index is 13.0. The summed E-state index contributed by atoms with van der Waals surface area (Å²) in [6, 6.07) is 35.6. The number of imide groups is 1. The van der Waals surface area contributed by atoms with Crippen molar-refractivity contribution in [2.24, 2.45) is 0 Å². The maximum absolute atomic E-state index is 13.0. The van der Waals surface area contributed by atoms with Crippen LogP contribution in [0.15, 0.2) is 109 Å². The summed E-state index contributed by atoms with van der Waals surface area (Å²) >= 11 is 0. The molecule has 2 aliphatic rings. The molecule has 8 nitrogen and oxygen atoms in total. The number of carbonyl (C=O) groups is 3. The number of nitrogens with one attached hydrogen (secondary N) is 1. The number of hydrogen-bond donors (Lipinski definition) is 1. The molecule has 0 radical (unpaired) electrons. The number of ether oxygens (including phenoxy) is 1. The number of carbonyl (C=O) groups excluding carboxylic acids is 3. The van der Waals surface area contributed by atoms with Gasteiger partial charge in [-0.25, -0.2) is 4.79 Å². The van der Waals surface area contributed by atoms with Crippen LogP contribution in [0.2, 0.25) is 0 Å². The molecule has 1 saturated heterocycles. The number of quaternary nitrogens is 1. The van der Waals surface area contributed by atoms with Gasteiger partial charge in [-0.05, 0) is 60.6 Å². The van der Waals surface area contributed by atoms with Crippen molar-refractivity contribution < 1.29 is 23.6 Å². The van der Waals surface area contributed by atoms with Crippen molar-refractivity contribution in [3.8, 4) is 0 Å². The highest BCUT2D eigenvalue weighted by molar-refractivity contribution is 6.21. The lowest BCUT2D eigenvalue weighted by Crippen LogP contribution is -2.40. The van der Waals surface area contributed by atoms with Gasteiger partial charge in [-0.2, -0.15) is 0 Å². The smallest absolute Gasteiger partial charge is 0.408 e. The summed E-state index contributed by atoms with van der Waals surface area (Å²) in [6.45, 7) is 4.92. The van der Waals surface area contributed by atoms with E-state index in [2.05, 4.69) is 48.6 Å². The Balaban J connectivity index is 0.933. The minimum absolute atomic E-state index is 0.107. The lowest BCUT2D eigenvalue weighted by molar-refractivity contribution is -0.903. The van der Waals surface area contributed by atoms with Crippen LogP contribution in [0, 0.1) is 0 Å². The van der Waals surface area contributed by atoms with Gasteiger partial charge < -0.3 is 14.5 Å². The Hall–Kier alpha value is -4.79. The van der Waals surface area contributed by atoms with E-state index in [9.17, 15) is 14.4 Å². The predicted octanol–water partition coefficient (Wildman–Crippen LogP) is 6.82. The number of amides is 3.